The first kappa shape index (κ1) is 17.5. The fourth-order valence-corrected chi connectivity index (χ4v) is 3.75. The van der Waals surface area contributed by atoms with Crippen LogP contribution in [0.4, 0.5) is 11.4 Å². The largest absolute Gasteiger partial charge is 0.497 e. The number of carbonyl (C=O) groups excluding carboxylic acids is 1. The van der Waals surface area contributed by atoms with Gasteiger partial charge < -0.3 is 20.4 Å². The Bertz CT molecular complexity index is 985. The van der Waals surface area contributed by atoms with Crippen LogP contribution in [0.15, 0.2) is 42.5 Å². The van der Waals surface area contributed by atoms with Crippen molar-refractivity contribution in [3.8, 4) is 17.0 Å². The van der Waals surface area contributed by atoms with Crippen LogP contribution in [0.3, 0.4) is 0 Å². The van der Waals surface area contributed by atoms with Crippen LogP contribution in [0, 0.1) is 5.92 Å². The molecule has 1 aliphatic rings. The molecule has 3 N–H and O–H groups in total. The zero-order chi connectivity index (χ0) is 19.0. The summed E-state index contributed by atoms with van der Waals surface area (Å²) < 4.78 is 7.56. The number of ether oxygens (including phenoxy) is 1. The first-order valence-electron chi connectivity index (χ1n) is 9.49. The normalized spacial score (nSPS) is 14.1. The minimum absolute atomic E-state index is 0.128. The smallest absolute Gasteiger partial charge is 0.227 e. The van der Waals surface area contributed by atoms with E-state index in [0.717, 1.165) is 65.1 Å². The summed E-state index contributed by atoms with van der Waals surface area (Å²) in [5.41, 5.74) is 11.2. The Morgan fingerprint density at radius 2 is 1.96 bits per heavy atom. The maximum Gasteiger partial charge on any atom is 0.227 e. The Morgan fingerprint density at radius 3 is 2.56 bits per heavy atom. The van der Waals surface area contributed by atoms with Crippen LogP contribution in [0.1, 0.15) is 26.2 Å². The SMILES string of the molecule is CCn1c(-c2ccc(NC(=O)C3CCC3)cc2)c(N)c2cc(OC)ccc21. The number of aryl methyl sites for hydroxylation is 1. The van der Waals surface area contributed by atoms with Gasteiger partial charge in [0.1, 0.15) is 5.75 Å². The van der Waals surface area contributed by atoms with E-state index in [0.29, 0.717) is 0 Å². The number of methoxy groups -OCH3 is 1. The minimum atomic E-state index is 0.128. The molecule has 1 fully saturated rings. The molecule has 0 atom stereocenters. The van der Waals surface area contributed by atoms with E-state index in [2.05, 4.69) is 16.8 Å². The van der Waals surface area contributed by atoms with Crippen molar-refractivity contribution in [2.24, 2.45) is 5.92 Å². The van der Waals surface area contributed by atoms with Crippen LogP contribution in [0.25, 0.3) is 22.2 Å². The molecule has 1 heterocycles. The molecule has 0 unspecified atom stereocenters. The van der Waals surface area contributed by atoms with Crippen molar-refractivity contribution in [3.63, 3.8) is 0 Å². The van der Waals surface area contributed by atoms with Crippen LogP contribution in [0.5, 0.6) is 5.75 Å². The van der Waals surface area contributed by atoms with Gasteiger partial charge in [0.25, 0.3) is 0 Å². The van der Waals surface area contributed by atoms with Gasteiger partial charge in [-0.05, 0) is 50.1 Å². The first-order chi connectivity index (χ1) is 13.1. The number of benzene rings is 2. The number of hydrogen-bond donors (Lipinski definition) is 2. The molecule has 140 valence electrons. The summed E-state index contributed by atoms with van der Waals surface area (Å²) in [7, 11) is 1.66. The highest BCUT2D eigenvalue weighted by molar-refractivity contribution is 6.02. The van der Waals surface area contributed by atoms with Crippen molar-refractivity contribution in [1.29, 1.82) is 0 Å². The second kappa shape index (κ2) is 6.99. The predicted molar refractivity (Wildman–Crippen MR) is 110 cm³/mol. The van der Waals surface area contributed by atoms with E-state index in [1.54, 1.807) is 7.11 Å². The number of nitrogens with one attached hydrogen (secondary N) is 1. The molecule has 2 aromatic carbocycles. The Balaban J connectivity index is 1.69. The van der Waals surface area contributed by atoms with Crippen LogP contribution in [0.2, 0.25) is 0 Å². The van der Waals surface area contributed by atoms with Gasteiger partial charge in [-0.2, -0.15) is 0 Å². The summed E-state index contributed by atoms with van der Waals surface area (Å²) in [6.07, 6.45) is 3.16. The summed E-state index contributed by atoms with van der Waals surface area (Å²) in [4.78, 5) is 12.1. The first-order valence-corrected chi connectivity index (χ1v) is 9.49. The fraction of sp³-hybridized carbons (Fsp3) is 0.318. The third-order valence-corrected chi connectivity index (χ3v) is 5.53. The number of nitrogen functional groups attached to an aromatic ring is 1. The highest BCUT2D eigenvalue weighted by Crippen LogP contribution is 2.38. The molecule has 0 saturated heterocycles. The second-order valence-corrected chi connectivity index (χ2v) is 7.08. The van der Waals surface area contributed by atoms with Gasteiger partial charge in [-0.25, -0.2) is 0 Å². The van der Waals surface area contributed by atoms with Gasteiger partial charge >= 0.3 is 0 Å². The van der Waals surface area contributed by atoms with Crippen molar-refractivity contribution in [3.05, 3.63) is 42.5 Å². The molecular weight excluding hydrogens is 338 g/mol. The van der Waals surface area contributed by atoms with Crippen molar-refractivity contribution in [2.75, 3.05) is 18.2 Å². The summed E-state index contributed by atoms with van der Waals surface area (Å²) >= 11 is 0. The second-order valence-electron chi connectivity index (χ2n) is 7.08. The lowest BCUT2D eigenvalue weighted by Crippen LogP contribution is -2.27. The maximum absolute atomic E-state index is 12.1. The lowest BCUT2D eigenvalue weighted by molar-refractivity contribution is -0.122. The van der Waals surface area contributed by atoms with E-state index < -0.39 is 0 Å². The fourth-order valence-electron chi connectivity index (χ4n) is 3.75. The molecule has 0 aliphatic heterocycles. The monoisotopic (exact) mass is 363 g/mol. The van der Waals surface area contributed by atoms with Crippen molar-refractivity contribution in [2.45, 2.75) is 32.7 Å². The average Bonchev–Trinajstić information content (AvgIpc) is 2.92. The van der Waals surface area contributed by atoms with E-state index in [1.807, 2.05) is 42.5 Å². The van der Waals surface area contributed by atoms with E-state index in [9.17, 15) is 4.79 Å². The number of nitrogens with two attached hydrogens (primary N) is 1. The third kappa shape index (κ3) is 3.03. The highest BCUT2D eigenvalue weighted by atomic mass is 16.5. The number of nitrogens with zero attached hydrogens (tertiary/aromatic N) is 1. The molecular formula is C22H25N3O2. The lowest BCUT2D eigenvalue weighted by atomic mass is 9.85. The van der Waals surface area contributed by atoms with Crippen molar-refractivity contribution >= 4 is 28.2 Å². The molecule has 1 aliphatic carbocycles. The number of amides is 1. The average molecular weight is 363 g/mol. The van der Waals surface area contributed by atoms with E-state index in [4.69, 9.17) is 10.5 Å². The number of carbonyl (C=O) groups is 1. The summed E-state index contributed by atoms with van der Waals surface area (Å²) in [5.74, 6) is 1.10. The molecule has 1 aromatic heterocycles. The number of fused-ring (bicyclic) bond motifs is 1. The van der Waals surface area contributed by atoms with Crippen molar-refractivity contribution in [1.82, 2.24) is 4.57 Å². The number of hydrogen-bond acceptors (Lipinski definition) is 3. The highest BCUT2D eigenvalue weighted by Gasteiger charge is 2.25. The summed E-state index contributed by atoms with van der Waals surface area (Å²) in [6, 6.07) is 13.9. The molecule has 1 saturated carbocycles. The van der Waals surface area contributed by atoms with Crippen LogP contribution in [-0.2, 0) is 11.3 Å². The van der Waals surface area contributed by atoms with E-state index in [1.165, 1.54) is 0 Å². The molecule has 27 heavy (non-hydrogen) atoms. The van der Waals surface area contributed by atoms with Crippen LogP contribution < -0.4 is 15.8 Å². The molecule has 5 nitrogen and oxygen atoms in total. The van der Waals surface area contributed by atoms with Gasteiger partial charge in [0.15, 0.2) is 0 Å². The van der Waals surface area contributed by atoms with Gasteiger partial charge in [-0.1, -0.05) is 18.6 Å². The molecule has 5 heteroatoms. The standard InChI is InChI=1S/C22H25N3O2/c1-3-25-19-12-11-17(27-2)13-18(19)20(23)21(25)14-7-9-16(10-8-14)24-22(26)15-5-4-6-15/h7-13,15H,3-6,23H2,1-2H3,(H,24,26). The molecule has 3 aromatic rings. The Morgan fingerprint density at radius 1 is 1.22 bits per heavy atom. The Labute approximate surface area is 159 Å². The number of aromatic nitrogens is 1. The quantitative estimate of drug-likeness (QED) is 0.693. The van der Waals surface area contributed by atoms with Gasteiger partial charge in [0.2, 0.25) is 5.91 Å². The van der Waals surface area contributed by atoms with Crippen molar-refractivity contribution < 1.29 is 9.53 Å². The third-order valence-electron chi connectivity index (χ3n) is 5.53. The summed E-state index contributed by atoms with van der Waals surface area (Å²) in [6.45, 7) is 2.93. The molecule has 4 rings (SSSR count). The zero-order valence-electron chi connectivity index (χ0n) is 15.8. The van der Waals surface area contributed by atoms with Gasteiger partial charge in [0, 0.05) is 29.1 Å². The molecule has 0 bridgehead atoms. The Hall–Kier alpha value is -2.95. The Kier molecular flexibility index (Phi) is 4.52. The van der Waals surface area contributed by atoms with E-state index >= 15 is 0 Å². The topological polar surface area (TPSA) is 69.3 Å². The lowest BCUT2D eigenvalue weighted by Gasteiger charge is -2.24. The van der Waals surface area contributed by atoms with Gasteiger partial charge in [-0.15, -0.1) is 0 Å². The van der Waals surface area contributed by atoms with Gasteiger partial charge in [0.05, 0.1) is 24.0 Å². The number of anilines is 2. The number of rotatable bonds is 5. The summed E-state index contributed by atoms with van der Waals surface area (Å²) in [5, 5.41) is 4.01. The molecule has 1 amide bonds. The maximum atomic E-state index is 12.1. The molecule has 0 spiro atoms. The van der Waals surface area contributed by atoms with Crippen LogP contribution >= 0.6 is 0 Å². The zero-order valence-corrected chi connectivity index (χ0v) is 15.8. The van der Waals surface area contributed by atoms with E-state index in [-0.39, 0.29) is 11.8 Å². The van der Waals surface area contributed by atoms with Gasteiger partial charge in [-0.3, -0.25) is 4.79 Å². The van der Waals surface area contributed by atoms with Crippen LogP contribution in [-0.4, -0.2) is 17.6 Å². The molecule has 0 radical (unpaired) electrons. The minimum Gasteiger partial charge on any atom is -0.497 e. The predicted octanol–water partition coefficient (Wildman–Crippen LogP) is 4.66.